The van der Waals surface area contributed by atoms with Gasteiger partial charge in [0.15, 0.2) is 0 Å². The maximum atomic E-state index is 2.43. The van der Waals surface area contributed by atoms with Crippen LogP contribution in [0.5, 0.6) is 0 Å². The summed E-state index contributed by atoms with van der Waals surface area (Å²) >= 11 is 0. The average Bonchev–Trinajstić information content (AvgIpc) is 2.32. The van der Waals surface area contributed by atoms with Crippen molar-refractivity contribution >= 4 is 0 Å². The molecule has 0 saturated carbocycles. The fourth-order valence-corrected chi connectivity index (χ4v) is 2.46. The van der Waals surface area contributed by atoms with Crippen LogP contribution in [0.4, 0.5) is 0 Å². The van der Waals surface area contributed by atoms with E-state index in [4.69, 9.17) is 0 Å². The Hall–Kier alpha value is 0. The highest BCUT2D eigenvalue weighted by Crippen LogP contribution is 2.22. The van der Waals surface area contributed by atoms with Crippen molar-refractivity contribution in [2.45, 2.75) is 86.0 Å². The highest BCUT2D eigenvalue weighted by Gasteiger charge is 2.09. The van der Waals surface area contributed by atoms with Gasteiger partial charge in [0.25, 0.3) is 0 Å². The molecular weight excluding hydrogens is 192 g/mol. The van der Waals surface area contributed by atoms with Gasteiger partial charge in [-0.25, -0.2) is 0 Å². The Morgan fingerprint density at radius 1 is 0.625 bits per heavy atom. The van der Waals surface area contributed by atoms with Crippen LogP contribution in [-0.4, -0.2) is 0 Å². The van der Waals surface area contributed by atoms with Gasteiger partial charge in [-0.1, -0.05) is 86.0 Å². The summed E-state index contributed by atoms with van der Waals surface area (Å²) in [6.07, 6.45) is 11.4. The highest BCUT2D eigenvalue weighted by atomic mass is 14.2. The zero-order valence-corrected chi connectivity index (χ0v) is 12.4. The quantitative estimate of drug-likeness (QED) is 0.397. The smallest absolute Gasteiger partial charge is 0.0417 e. The lowest BCUT2D eigenvalue weighted by Gasteiger charge is -2.18. The van der Waals surface area contributed by atoms with Gasteiger partial charge >= 0.3 is 0 Å². The minimum atomic E-state index is 0.916. The first-order chi connectivity index (χ1) is 7.65. The molecule has 2 atom stereocenters. The third kappa shape index (κ3) is 7.30. The summed E-state index contributed by atoms with van der Waals surface area (Å²) in [6.45, 7) is 11.8. The molecule has 2 unspecified atom stereocenters. The number of hydrogen-bond acceptors (Lipinski definition) is 0. The Kier molecular flexibility index (Phi) is 10.2. The lowest BCUT2D eigenvalue weighted by Crippen LogP contribution is -2.06. The van der Waals surface area contributed by atoms with Crippen LogP contribution in [0.25, 0.3) is 0 Å². The third-order valence-electron chi connectivity index (χ3n) is 4.54. The van der Waals surface area contributed by atoms with Crippen LogP contribution in [0, 0.1) is 17.8 Å². The average molecular weight is 226 g/mol. The van der Waals surface area contributed by atoms with Gasteiger partial charge in [0, 0.05) is 0 Å². The summed E-state index contributed by atoms with van der Waals surface area (Å²) in [4.78, 5) is 0. The van der Waals surface area contributed by atoms with Gasteiger partial charge < -0.3 is 0 Å². The molecule has 98 valence electrons. The van der Waals surface area contributed by atoms with Crippen LogP contribution in [-0.2, 0) is 0 Å². The summed E-state index contributed by atoms with van der Waals surface area (Å²) in [5.74, 6) is 2.84. The molecular formula is C16H34. The standard InChI is InChI=1S/C16H34/c1-6-14(4)15(5)12-10-9-11-13-16(7-2)8-3/h14-16H,6-13H2,1-5H3. The third-order valence-corrected chi connectivity index (χ3v) is 4.54. The molecule has 0 saturated heterocycles. The molecule has 0 N–H and O–H groups in total. The lowest BCUT2D eigenvalue weighted by atomic mass is 9.88. The molecule has 0 bridgehead atoms. The summed E-state index contributed by atoms with van der Waals surface area (Å²) < 4.78 is 0. The van der Waals surface area contributed by atoms with Crippen molar-refractivity contribution in [2.75, 3.05) is 0 Å². The van der Waals surface area contributed by atoms with E-state index in [9.17, 15) is 0 Å². The van der Waals surface area contributed by atoms with Crippen LogP contribution in [0.1, 0.15) is 86.0 Å². The Morgan fingerprint density at radius 2 is 1.19 bits per heavy atom. The van der Waals surface area contributed by atoms with Crippen LogP contribution in [0.2, 0.25) is 0 Å². The number of unbranched alkanes of at least 4 members (excludes halogenated alkanes) is 2. The van der Waals surface area contributed by atoms with Crippen LogP contribution in [0.15, 0.2) is 0 Å². The monoisotopic (exact) mass is 226 g/mol. The van der Waals surface area contributed by atoms with Gasteiger partial charge in [-0.3, -0.25) is 0 Å². The molecule has 0 spiro atoms. The molecule has 0 heteroatoms. The van der Waals surface area contributed by atoms with Gasteiger partial charge in [-0.15, -0.1) is 0 Å². The summed E-state index contributed by atoms with van der Waals surface area (Å²) in [7, 11) is 0. The van der Waals surface area contributed by atoms with Crippen molar-refractivity contribution in [3.8, 4) is 0 Å². The normalized spacial score (nSPS) is 15.4. The number of hydrogen-bond donors (Lipinski definition) is 0. The van der Waals surface area contributed by atoms with E-state index in [0.29, 0.717) is 0 Å². The zero-order valence-electron chi connectivity index (χ0n) is 12.4. The maximum Gasteiger partial charge on any atom is -0.0417 e. The Bertz CT molecular complexity index is 135. The molecule has 0 amide bonds. The molecule has 0 rings (SSSR count). The van der Waals surface area contributed by atoms with Crippen LogP contribution < -0.4 is 0 Å². The van der Waals surface area contributed by atoms with Crippen molar-refractivity contribution in [1.82, 2.24) is 0 Å². The molecule has 0 radical (unpaired) electrons. The SMILES string of the molecule is CCC(CC)CCCCCC(C)C(C)CC. The molecule has 0 aromatic rings. The first-order valence-electron chi connectivity index (χ1n) is 7.65. The van der Waals surface area contributed by atoms with Crippen molar-refractivity contribution in [1.29, 1.82) is 0 Å². The predicted molar refractivity (Wildman–Crippen MR) is 75.8 cm³/mol. The Morgan fingerprint density at radius 3 is 1.69 bits per heavy atom. The summed E-state index contributed by atoms with van der Waals surface area (Å²) in [5.41, 5.74) is 0. The van der Waals surface area contributed by atoms with E-state index in [1.165, 1.54) is 51.4 Å². The highest BCUT2D eigenvalue weighted by molar-refractivity contribution is 4.61. The van der Waals surface area contributed by atoms with Crippen molar-refractivity contribution in [3.63, 3.8) is 0 Å². The molecule has 16 heavy (non-hydrogen) atoms. The maximum absolute atomic E-state index is 2.43. The molecule has 0 aliphatic rings. The van der Waals surface area contributed by atoms with E-state index >= 15 is 0 Å². The molecule has 0 nitrogen and oxygen atoms in total. The second kappa shape index (κ2) is 10.2. The molecule has 0 aromatic carbocycles. The fourth-order valence-electron chi connectivity index (χ4n) is 2.46. The molecule has 0 aromatic heterocycles. The minimum absolute atomic E-state index is 0.916. The number of rotatable bonds is 10. The van der Waals surface area contributed by atoms with E-state index in [0.717, 1.165) is 17.8 Å². The van der Waals surface area contributed by atoms with Crippen LogP contribution >= 0.6 is 0 Å². The van der Waals surface area contributed by atoms with E-state index in [1.807, 2.05) is 0 Å². The van der Waals surface area contributed by atoms with Crippen molar-refractivity contribution in [3.05, 3.63) is 0 Å². The van der Waals surface area contributed by atoms with Crippen molar-refractivity contribution < 1.29 is 0 Å². The van der Waals surface area contributed by atoms with Crippen LogP contribution in [0.3, 0.4) is 0 Å². The second-order valence-electron chi connectivity index (χ2n) is 5.68. The van der Waals surface area contributed by atoms with E-state index in [2.05, 4.69) is 34.6 Å². The van der Waals surface area contributed by atoms with E-state index < -0.39 is 0 Å². The molecule has 0 aliphatic heterocycles. The van der Waals surface area contributed by atoms with Crippen molar-refractivity contribution in [2.24, 2.45) is 17.8 Å². The fraction of sp³-hybridized carbons (Fsp3) is 1.00. The van der Waals surface area contributed by atoms with Gasteiger partial charge in [0.1, 0.15) is 0 Å². The largest absolute Gasteiger partial charge is 0.0651 e. The molecule has 0 heterocycles. The minimum Gasteiger partial charge on any atom is -0.0651 e. The first kappa shape index (κ1) is 16.0. The zero-order chi connectivity index (χ0) is 12.4. The second-order valence-corrected chi connectivity index (χ2v) is 5.68. The topological polar surface area (TPSA) is 0 Å². The van der Waals surface area contributed by atoms with Gasteiger partial charge in [0.2, 0.25) is 0 Å². The summed E-state index contributed by atoms with van der Waals surface area (Å²) in [5, 5.41) is 0. The predicted octanol–water partition coefficient (Wildman–Crippen LogP) is 6.06. The Labute approximate surface area is 104 Å². The van der Waals surface area contributed by atoms with E-state index in [-0.39, 0.29) is 0 Å². The molecule has 0 fully saturated rings. The van der Waals surface area contributed by atoms with Gasteiger partial charge in [-0.2, -0.15) is 0 Å². The van der Waals surface area contributed by atoms with Gasteiger partial charge in [-0.05, 0) is 17.8 Å². The first-order valence-corrected chi connectivity index (χ1v) is 7.65. The van der Waals surface area contributed by atoms with Gasteiger partial charge in [0.05, 0.1) is 0 Å². The lowest BCUT2D eigenvalue weighted by molar-refractivity contribution is 0.338. The molecule has 0 aliphatic carbocycles. The Balaban J connectivity index is 3.39. The summed E-state index contributed by atoms with van der Waals surface area (Å²) in [6, 6.07) is 0. The van der Waals surface area contributed by atoms with E-state index in [1.54, 1.807) is 0 Å².